The van der Waals surface area contributed by atoms with Gasteiger partial charge in [0.15, 0.2) is 11.2 Å². The fourth-order valence-electron chi connectivity index (χ4n) is 5.26. The highest BCUT2D eigenvalue weighted by Gasteiger charge is 2.29. The summed E-state index contributed by atoms with van der Waals surface area (Å²) in [5, 5.41) is 1.99. The predicted octanol–water partition coefficient (Wildman–Crippen LogP) is 4.07. The summed E-state index contributed by atoms with van der Waals surface area (Å²) < 4.78 is 41.6. The fourth-order valence-corrected chi connectivity index (χ4v) is 5.58. The second kappa shape index (κ2) is 8.16. The van der Waals surface area contributed by atoms with E-state index < -0.39 is 10.5 Å². The first-order valence-corrected chi connectivity index (χ1v) is 12.8. The van der Waals surface area contributed by atoms with Crippen molar-refractivity contribution in [2.45, 2.75) is 13.0 Å². The molecule has 6 rings (SSSR count). The number of halogens is 1. The molecule has 0 aliphatic carbocycles. The van der Waals surface area contributed by atoms with Gasteiger partial charge in [-0.2, -0.15) is 8.42 Å². The Morgan fingerprint density at radius 2 is 1.95 bits per heavy atom. The molecule has 10 heteroatoms. The number of aromatic amines is 1. The summed E-state index contributed by atoms with van der Waals surface area (Å²) in [6.07, 6.45) is 8.26. The first-order chi connectivity index (χ1) is 17.6. The highest BCUT2D eigenvalue weighted by atomic mass is 32.3. The van der Waals surface area contributed by atoms with E-state index in [0.29, 0.717) is 33.1 Å². The second-order valence-corrected chi connectivity index (χ2v) is 10.4. The second-order valence-electron chi connectivity index (χ2n) is 9.40. The lowest BCUT2D eigenvalue weighted by Crippen LogP contribution is -2.45. The average Bonchev–Trinajstić information content (AvgIpc) is 3.20. The number of rotatable bonds is 4. The molecule has 1 aliphatic rings. The van der Waals surface area contributed by atoms with Crippen molar-refractivity contribution in [2.24, 2.45) is 0 Å². The summed E-state index contributed by atoms with van der Waals surface area (Å²) in [5.74, 6) is 2.40. The zero-order chi connectivity index (χ0) is 26.1. The number of benzene rings is 2. The standard InChI is InChI=1S/C27H21FN4O4S/c1-4-16-5-6-20-23(8-16)30-27-25(20)26(33)22-7-15(2)21(10-24(22)32(27)18-13-31(3)14-18)17-9-19(12-29-11-17)36-37(28,34)35/h1,5-12,18,30H,13-14H2,2-3H3. The molecule has 186 valence electrons. The van der Waals surface area contributed by atoms with Gasteiger partial charge in [-0.15, -0.1) is 6.42 Å². The van der Waals surface area contributed by atoms with Gasteiger partial charge >= 0.3 is 10.5 Å². The minimum Gasteiger partial charge on any atom is -0.357 e. The van der Waals surface area contributed by atoms with Crippen molar-refractivity contribution in [1.29, 1.82) is 0 Å². The van der Waals surface area contributed by atoms with Crippen LogP contribution in [0.4, 0.5) is 3.89 Å². The van der Waals surface area contributed by atoms with Gasteiger partial charge in [-0.1, -0.05) is 15.9 Å². The SMILES string of the molecule is C#Cc1ccc2c(c1)[nH]c1c2c(=O)c2cc(C)c(-c3cncc(OS(=O)(=O)F)c3)cc2n1C1CN(C)C1. The van der Waals surface area contributed by atoms with Crippen LogP contribution in [0.15, 0.2) is 53.6 Å². The predicted molar refractivity (Wildman–Crippen MR) is 141 cm³/mol. The molecule has 2 aromatic carbocycles. The number of H-pyrrole nitrogens is 1. The number of hydrogen-bond acceptors (Lipinski definition) is 6. The third-order valence-corrected chi connectivity index (χ3v) is 7.28. The molecule has 4 heterocycles. The minimum atomic E-state index is -5.19. The molecule has 5 aromatic rings. The number of fused-ring (bicyclic) bond motifs is 4. The lowest BCUT2D eigenvalue weighted by molar-refractivity contribution is 0.146. The summed E-state index contributed by atoms with van der Waals surface area (Å²) in [6.45, 7) is 3.47. The van der Waals surface area contributed by atoms with Gasteiger partial charge in [0.2, 0.25) is 0 Å². The van der Waals surface area contributed by atoms with E-state index in [0.717, 1.165) is 41.3 Å². The number of nitrogens with one attached hydrogen (secondary N) is 1. The van der Waals surface area contributed by atoms with Gasteiger partial charge in [-0.05, 0) is 55.4 Å². The molecule has 1 saturated heterocycles. The Balaban J connectivity index is 1.66. The molecular weight excluding hydrogens is 495 g/mol. The molecule has 0 unspecified atom stereocenters. The van der Waals surface area contributed by atoms with Crippen molar-refractivity contribution in [2.75, 3.05) is 20.1 Å². The maximum Gasteiger partial charge on any atom is 0.488 e. The third-order valence-electron chi connectivity index (χ3n) is 6.89. The lowest BCUT2D eigenvalue weighted by Gasteiger charge is -2.39. The van der Waals surface area contributed by atoms with Crippen LogP contribution < -0.4 is 9.61 Å². The van der Waals surface area contributed by atoms with Crippen LogP contribution in [0.1, 0.15) is 17.2 Å². The van der Waals surface area contributed by atoms with Crippen LogP contribution in [0.3, 0.4) is 0 Å². The number of likely N-dealkylation sites (N-methyl/N-ethyl adjacent to an activating group) is 1. The number of nitrogens with zero attached hydrogens (tertiary/aromatic N) is 3. The summed E-state index contributed by atoms with van der Waals surface area (Å²) in [4.78, 5) is 23.5. The van der Waals surface area contributed by atoms with Gasteiger partial charge in [0.1, 0.15) is 5.65 Å². The first-order valence-electron chi connectivity index (χ1n) is 11.5. The van der Waals surface area contributed by atoms with E-state index in [-0.39, 0.29) is 17.2 Å². The highest BCUT2D eigenvalue weighted by molar-refractivity contribution is 7.81. The summed E-state index contributed by atoms with van der Waals surface area (Å²) in [5.41, 5.74) is 4.87. The fraction of sp³-hybridized carbons (Fsp3) is 0.185. The Kier molecular flexibility index (Phi) is 5.12. The zero-order valence-corrected chi connectivity index (χ0v) is 20.8. The van der Waals surface area contributed by atoms with Crippen LogP contribution in [0, 0.1) is 19.3 Å². The Hall–Kier alpha value is -4.20. The molecule has 0 spiro atoms. The first kappa shape index (κ1) is 23.2. The van der Waals surface area contributed by atoms with Crippen LogP contribution in [-0.2, 0) is 10.5 Å². The Morgan fingerprint density at radius 3 is 2.65 bits per heavy atom. The normalized spacial score (nSPS) is 14.8. The topological polar surface area (TPSA) is 97.3 Å². The van der Waals surface area contributed by atoms with Crippen LogP contribution in [0.25, 0.3) is 44.0 Å². The summed E-state index contributed by atoms with van der Waals surface area (Å²) in [6, 6.07) is 10.8. The van der Waals surface area contributed by atoms with Crippen LogP contribution >= 0.6 is 0 Å². The molecule has 3 aromatic heterocycles. The van der Waals surface area contributed by atoms with Crippen molar-refractivity contribution in [3.8, 4) is 29.2 Å². The zero-order valence-electron chi connectivity index (χ0n) is 19.9. The van der Waals surface area contributed by atoms with Gasteiger partial charge in [0.25, 0.3) is 0 Å². The minimum absolute atomic E-state index is 0.0954. The van der Waals surface area contributed by atoms with E-state index in [1.807, 2.05) is 44.3 Å². The molecule has 1 fully saturated rings. The maximum atomic E-state index is 13.8. The van der Waals surface area contributed by atoms with E-state index in [4.69, 9.17) is 6.42 Å². The average molecular weight is 517 g/mol. The van der Waals surface area contributed by atoms with Gasteiger partial charge in [0, 0.05) is 46.7 Å². The highest BCUT2D eigenvalue weighted by Crippen LogP contribution is 2.35. The Morgan fingerprint density at radius 1 is 1.16 bits per heavy atom. The molecule has 1 aliphatic heterocycles. The van der Waals surface area contributed by atoms with Gasteiger partial charge in [-0.25, -0.2) is 0 Å². The quantitative estimate of drug-likeness (QED) is 0.286. The number of likely N-dealkylation sites (tertiary alicyclic amines) is 1. The monoisotopic (exact) mass is 516 g/mol. The van der Waals surface area contributed by atoms with Crippen LogP contribution in [0.5, 0.6) is 5.75 Å². The van der Waals surface area contributed by atoms with Crippen molar-refractivity contribution in [1.82, 2.24) is 19.4 Å². The van der Waals surface area contributed by atoms with E-state index in [1.54, 1.807) is 0 Å². The Labute approximate surface area is 211 Å². The number of terminal acetylenes is 1. The molecule has 0 bridgehead atoms. The number of aromatic nitrogens is 3. The Bertz CT molecular complexity index is 1960. The third kappa shape index (κ3) is 3.84. The van der Waals surface area contributed by atoms with Crippen molar-refractivity contribution in [3.63, 3.8) is 0 Å². The van der Waals surface area contributed by atoms with Crippen molar-refractivity contribution >= 4 is 43.3 Å². The molecule has 8 nitrogen and oxygen atoms in total. The maximum absolute atomic E-state index is 13.8. The van der Waals surface area contributed by atoms with Gasteiger partial charge in [-0.3, -0.25) is 9.78 Å². The van der Waals surface area contributed by atoms with E-state index in [2.05, 4.69) is 29.5 Å². The van der Waals surface area contributed by atoms with Crippen LogP contribution in [0.2, 0.25) is 0 Å². The molecular formula is C27H21FN4O4S. The molecule has 0 radical (unpaired) electrons. The number of hydrogen-bond donors (Lipinski definition) is 1. The van der Waals surface area contributed by atoms with E-state index in [9.17, 15) is 17.1 Å². The molecule has 37 heavy (non-hydrogen) atoms. The van der Waals surface area contributed by atoms with E-state index in [1.165, 1.54) is 12.3 Å². The molecule has 0 amide bonds. The van der Waals surface area contributed by atoms with Crippen molar-refractivity contribution < 1.29 is 16.5 Å². The van der Waals surface area contributed by atoms with Crippen molar-refractivity contribution in [3.05, 3.63) is 70.1 Å². The summed E-state index contributed by atoms with van der Waals surface area (Å²) in [7, 11) is -3.16. The number of pyridine rings is 2. The number of aryl methyl sites for hydroxylation is 1. The largest absolute Gasteiger partial charge is 0.488 e. The van der Waals surface area contributed by atoms with Crippen LogP contribution in [-0.4, -0.2) is 48.0 Å². The van der Waals surface area contributed by atoms with Gasteiger partial charge in [0.05, 0.1) is 23.1 Å². The summed E-state index contributed by atoms with van der Waals surface area (Å²) >= 11 is 0. The van der Waals surface area contributed by atoms with E-state index >= 15 is 0 Å². The molecule has 0 atom stereocenters. The molecule has 0 saturated carbocycles. The smallest absolute Gasteiger partial charge is 0.357 e. The lowest BCUT2D eigenvalue weighted by atomic mass is 9.97. The molecule has 1 N–H and O–H groups in total. The van der Waals surface area contributed by atoms with Gasteiger partial charge < -0.3 is 18.6 Å².